The molecule has 1 aliphatic heterocycles. The molecule has 0 spiro atoms. The standard InChI is InChI=1S/C25H27N3O4S2/c29-23(18-11-13-20(14-12-18)34(31,32)27-15-5-6-16-27)17-33-25-26-22-10-4-3-9-21(22)24(30)28(25)19-7-1-2-8-19/h3-4,9-14,19H,1-2,5-8,15-17H2. The molecule has 0 atom stereocenters. The monoisotopic (exact) mass is 497 g/mol. The lowest BCUT2D eigenvalue weighted by atomic mass is 10.1. The molecular formula is C25H27N3O4S2. The number of ketones is 1. The molecule has 0 radical (unpaired) electrons. The van der Waals surface area contributed by atoms with Gasteiger partial charge in [0, 0.05) is 24.7 Å². The van der Waals surface area contributed by atoms with Crippen LogP contribution in [0.25, 0.3) is 10.9 Å². The number of sulfonamides is 1. The molecule has 0 N–H and O–H groups in total. The summed E-state index contributed by atoms with van der Waals surface area (Å²) in [5.74, 6) is -0.00841. The number of benzene rings is 2. The Balaban J connectivity index is 1.37. The topological polar surface area (TPSA) is 89.3 Å². The van der Waals surface area contributed by atoms with Gasteiger partial charge in [-0.2, -0.15) is 4.31 Å². The van der Waals surface area contributed by atoms with Gasteiger partial charge in [-0.25, -0.2) is 13.4 Å². The molecule has 0 bridgehead atoms. The lowest BCUT2D eigenvalue weighted by Gasteiger charge is -2.18. The molecule has 7 nitrogen and oxygen atoms in total. The van der Waals surface area contributed by atoms with Crippen molar-refractivity contribution in [1.29, 1.82) is 0 Å². The average molecular weight is 498 g/mol. The summed E-state index contributed by atoms with van der Waals surface area (Å²) < 4.78 is 28.7. The molecule has 1 aromatic heterocycles. The number of nitrogens with zero attached hydrogens (tertiary/aromatic N) is 3. The third-order valence-corrected chi connectivity index (χ3v) is 9.54. The van der Waals surface area contributed by atoms with E-state index in [4.69, 9.17) is 4.98 Å². The van der Waals surface area contributed by atoms with Crippen LogP contribution in [0, 0.1) is 0 Å². The van der Waals surface area contributed by atoms with Crippen molar-refractivity contribution in [2.24, 2.45) is 0 Å². The molecular weight excluding hydrogens is 470 g/mol. The van der Waals surface area contributed by atoms with Gasteiger partial charge in [0.1, 0.15) is 0 Å². The van der Waals surface area contributed by atoms with E-state index in [1.165, 1.54) is 28.2 Å². The van der Waals surface area contributed by atoms with E-state index in [1.807, 2.05) is 18.2 Å². The average Bonchev–Trinajstić information content (AvgIpc) is 3.58. The number of aromatic nitrogens is 2. The molecule has 2 aromatic carbocycles. The highest BCUT2D eigenvalue weighted by atomic mass is 32.2. The highest BCUT2D eigenvalue weighted by Gasteiger charge is 2.27. The first-order valence-electron chi connectivity index (χ1n) is 11.7. The molecule has 5 rings (SSSR count). The fourth-order valence-corrected chi connectivity index (χ4v) is 7.29. The highest BCUT2D eigenvalue weighted by Crippen LogP contribution is 2.32. The minimum atomic E-state index is -3.51. The molecule has 0 amide bonds. The zero-order valence-electron chi connectivity index (χ0n) is 18.9. The number of carbonyl (C=O) groups excluding carboxylic acids is 1. The van der Waals surface area contributed by atoms with Crippen LogP contribution in [-0.2, 0) is 10.0 Å². The largest absolute Gasteiger partial charge is 0.293 e. The Labute approximate surface area is 203 Å². The van der Waals surface area contributed by atoms with E-state index in [1.54, 1.807) is 22.8 Å². The zero-order chi connectivity index (χ0) is 23.7. The van der Waals surface area contributed by atoms with Crippen LogP contribution in [-0.4, -0.2) is 46.9 Å². The maximum atomic E-state index is 13.3. The molecule has 34 heavy (non-hydrogen) atoms. The predicted molar refractivity (Wildman–Crippen MR) is 133 cm³/mol. The van der Waals surface area contributed by atoms with Crippen LogP contribution >= 0.6 is 11.8 Å². The fraction of sp³-hybridized carbons (Fsp3) is 0.400. The van der Waals surface area contributed by atoms with Gasteiger partial charge in [-0.05, 0) is 49.9 Å². The highest BCUT2D eigenvalue weighted by molar-refractivity contribution is 7.99. The zero-order valence-corrected chi connectivity index (χ0v) is 20.5. The number of carbonyl (C=O) groups is 1. The second kappa shape index (κ2) is 9.64. The number of para-hydroxylation sites is 1. The van der Waals surface area contributed by atoms with Gasteiger partial charge >= 0.3 is 0 Å². The first kappa shape index (κ1) is 23.3. The summed E-state index contributed by atoms with van der Waals surface area (Å²) in [6.45, 7) is 1.09. The minimum Gasteiger partial charge on any atom is -0.293 e. The van der Waals surface area contributed by atoms with Crippen molar-refractivity contribution in [3.8, 4) is 0 Å². The molecule has 1 saturated carbocycles. The fourth-order valence-electron chi connectivity index (χ4n) is 4.82. The number of Topliss-reactive ketones (excluding diaryl/α,β-unsaturated/α-hetero) is 1. The molecule has 2 aliphatic rings. The number of fused-ring (bicyclic) bond motifs is 1. The molecule has 9 heteroatoms. The van der Waals surface area contributed by atoms with Crippen molar-refractivity contribution < 1.29 is 13.2 Å². The molecule has 178 valence electrons. The van der Waals surface area contributed by atoms with Crippen molar-refractivity contribution in [2.75, 3.05) is 18.8 Å². The Morgan fingerprint density at radius 2 is 1.65 bits per heavy atom. The molecule has 1 aliphatic carbocycles. The predicted octanol–water partition coefficient (Wildman–Crippen LogP) is 4.27. The van der Waals surface area contributed by atoms with Crippen LogP contribution in [0.4, 0.5) is 0 Å². The summed E-state index contributed by atoms with van der Waals surface area (Å²) in [5, 5.41) is 1.16. The molecule has 1 saturated heterocycles. The van der Waals surface area contributed by atoms with Crippen molar-refractivity contribution >= 4 is 38.5 Å². The van der Waals surface area contributed by atoms with Crippen molar-refractivity contribution in [3.05, 3.63) is 64.4 Å². The smallest absolute Gasteiger partial charge is 0.262 e. The summed E-state index contributed by atoms with van der Waals surface area (Å²) in [4.78, 5) is 31.1. The first-order valence-corrected chi connectivity index (χ1v) is 14.2. The maximum Gasteiger partial charge on any atom is 0.262 e. The van der Waals surface area contributed by atoms with E-state index in [0.717, 1.165) is 38.5 Å². The second-order valence-electron chi connectivity index (χ2n) is 8.87. The van der Waals surface area contributed by atoms with Gasteiger partial charge in [0.2, 0.25) is 10.0 Å². The van der Waals surface area contributed by atoms with Gasteiger partial charge in [-0.1, -0.05) is 48.9 Å². The Hall–Kier alpha value is -2.49. The van der Waals surface area contributed by atoms with Gasteiger partial charge in [-0.3, -0.25) is 14.2 Å². The quantitative estimate of drug-likeness (QED) is 0.275. The van der Waals surface area contributed by atoms with Crippen LogP contribution in [0.1, 0.15) is 54.9 Å². The molecule has 3 aromatic rings. The van der Waals surface area contributed by atoms with Crippen molar-refractivity contribution in [1.82, 2.24) is 13.9 Å². The summed E-state index contributed by atoms with van der Waals surface area (Å²) in [6, 6.07) is 13.6. The van der Waals surface area contributed by atoms with Crippen molar-refractivity contribution in [2.45, 2.75) is 54.6 Å². The van der Waals surface area contributed by atoms with Crippen LogP contribution in [0.15, 0.2) is 63.4 Å². The summed E-state index contributed by atoms with van der Waals surface area (Å²) >= 11 is 1.27. The molecule has 2 heterocycles. The Bertz CT molecular complexity index is 1370. The number of thioether (sulfide) groups is 1. The molecule has 0 unspecified atom stereocenters. The Morgan fingerprint density at radius 1 is 0.971 bits per heavy atom. The number of hydrogen-bond acceptors (Lipinski definition) is 6. The number of rotatable bonds is 7. The van der Waals surface area contributed by atoms with Crippen LogP contribution in [0.5, 0.6) is 0 Å². The van der Waals surface area contributed by atoms with E-state index < -0.39 is 10.0 Å². The SMILES string of the molecule is O=C(CSc1nc2ccccc2c(=O)n1C1CCCC1)c1ccc(S(=O)(=O)N2CCCC2)cc1. The third kappa shape index (κ3) is 4.44. The van der Waals surface area contributed by atoms with Crippen LogP contribution < -0.4 is 5.56 Å². The third-order valence-electron chi connectivity index (χ3n) is 6.68. The molecule has 2 fully saturated rings. The lowest BCUT2D eigenvalue weighted by Crippen LogP contribution is -2.27. The van der Waals surface area contributed by atoms with Crippen LogP contribution in [0.2, 0.25) is 0 Å². The van der Waals surface area contributed by atoms with E-state index >= 15 is 0 Å². The van der Waals surface area contributed by atoms with E-state index in [9.17, 15) is 18.0 Å². The van der Waals surface area contributed by atoms with E-state index in [2.05, 4.69) is 0 Å². The van der Waals surface area contributed by atoms with E-state index in [0.29, 0.717) is 34.7 Å². The normalized spacial score (nSPS) is 17.5. The number of hydrogen-bond donors (Lipinski definition) is 0. The lowest BCUT2D eigenvalue weighted by molar-refractivity contribution is 0.102. The summed E-state index contributed by atoms with van der Waals surface area (Å²) in [6.07, 6.45) is 5.80. The maximum absolute atomic E-state index is 13.3. The first-order chi connectivity index (χ1) is 16.4. The van der Waals surface area contributed by atoms with Gasteiger partial charge < -0.3 is 0 Å². The summed E-state index contributed by atoms with van der Waals surface area (Å²) in [5.41, 5.74) is 1.03. The Kier molecular flexibility index (Phi) is 6.59. The minimum absolute atomic E-state index is 0.0519. The second-order valence-corrected chi connectivity index (χ2v) is 11.8. The van der Waals surface area contributed by atoms with Gasteiger partial charge in [0.05, 0.1) is 21.6 Å². The van der Waals surface area contributed by atoms with Gasteiger partial charge in [0.25, 0.3) is 5.56 Å². The van der Waals surface area contributed by atoms with Crippen molar-refractivity contribution in [3.63, 3.8) is 0 Å². The van der Waals surface area contributed by atoms with E-state index in [-0.39, 0.29) is 28.0 Å². The Morgan fingerprint density at radius 3 is 2.35 bits per heavy atom. The van der Waals surface area contributed by atoms with Crippen LogP contribution in [0.3, 0.4) is 0 Å². The van der Waals surface area contributed by atoms with Gasteiger partial charge in [0.15, 0.2) is 10.9 Å². The van der Waals surface area contributed by atoms with Gasteiger partial charge in [-0.15, -0.1) is 0 Å². The summed E-state index contributed by atoms with van der Waals surface area (Å²) in [7, 11) is -3.51.